The molecule has 118 valence electrons. The number of rotatable bonds is 5. The van der Waals surface area contributed by atoms with Gasteiger partial charge in [-0.1, -0.05) is 42.9 Å². The lowest BCUT2D eigenvalue weighted by Gasteiger charge is -2.22. The number of carbonyl (C=O) groups excluding carboxylic acids is 1. The van der Waals surface area contributed by atoms with E-state index in [-0.39, 0.29) is 11.5 Å². The molecule has 1 fully saturated rings. The minimum atomic E-state index is 0.0632. The summed E-state index contributed by atoms with van der Waals surface area (Å²) < 4.78 is 2.78. The Labute approximate surface area is 134 Å². The van der Waals surface area contributed by atoms with E-state index in [4.69, 9.17) is 0 Å². The third-order valence-electron chi connectivity index (χ3n) is 4.29. The maximum atomic E-state index is 12.2. The first-order valence-corrected chi connectivity index (χ1v) is 8.89. The Bertz CT molecular complexity index is 698. The van der Waals surface area contributed by atoms with Crippen LogP contribution in [-0.4, -0.2) is 15.9 Å². The fourth-order valence-corrected chi connectivity index (χ4v) is 4.13. The maximum absolute atomic E-state index is 12.2. The third kappa shape index (κ3) is 3.58. The van der Waals surface area contributed by atoms with Crippen molar-refractivity contribution >= 4 is 27.5 Å². The molecule has 0 saturated heterocycles. The zero-order valence-electron chi connectivity index (χ0n) is 12.7. The van der Waals surface area contributed by atoms with Crippen LogP contribution in [0, 0.1) is 0 Å². The van der Waals surface area contributed by atoms with Crippen molar-refractivity contribution in [2.24, 2.45) is 0 Å². The van der Waals surface area contributed by atoms with Crippen LogP contribution in [0.5, 0.6) is 0 Å². The zero-order valence-corrected chi connectivity index (χ0v) is 13.5. The van der Waals surface area contributed by atoms with Crippen molar-refractivity contribution in [1.29, 1.82) is 0 Å². The third-order valence-corrected chi connectivity index (χ3v) is 5.41. The van der Waals surface area contributed by atoms with Crippen molar-refractivity contribution in [2.75, 3.05) is 0 Å². The average molecular weight is 318 g/mol. The molecule has 1 amide bonds. The van der Waals surface area contributed by atoms with Gasteiger partial charge in [-0.3, -0.25) is 13.5 Å². The van der Waals surface area contributed by atoms with E-state index < -0.39 is 0 Å². The molecule has 0 spiro atoms. The van der Waals surface area contributed by atoms with Gasteiger partial charge in [0.1, 0.15) is 0 Å². The summed E-state index contributed by atoms with van der Waals surface area (Å²) in [5, 5.41) is 3.90. The fourth-order valence-electron chi connectivity index (χ4n) is 3.09. The molecule has 1 aliphatic rings. The monoisotopic (exact) mass is 318 g/mol. The second-order valence-corrected chi connectivity index (χ2v) is 7.06. The molecule has 0 atom stereocenters. The molecule has 5 heteroatoms. The van der Waals surface area contributed by atoms with Gasteiger partial charge < -0.3 is 5.32 Å². The summed E-state index contributed by atoms with van der Waals surface area (Å²) in [5.41, 5.74) is 0.0632. The van der Waals surface area contributed by atoms with Gasteiger partial charge in [-0.2, -0.15) is 0 Å². The van der Waals surface area contributed by atoms with E-state index in [1.807, 2.05) is 24.3 Å². The van der Waals surface area contributed by atoms with Gasteiger partial charge in [-0.15, -0.1) is 0 Å². The molecule has 1 aromatic carbocycles. The van der Waals surface area contributed by atoms with Crippen LogP contribution in [-0.2, 0) is 11.3 Å². The van der Waals surface area contributed by atoms with Crippen molar-refractivity contribution in [3.05, 3.63) is 34.6 Å². The van der Waals surface area contributed by atoms with Gasteiger partial charge in [0.25, 0.3) is 5.56 Å². The number of hydrogen-bond acceptors (Lipinski definition) is 3. The molecule has 4 nitrogen and oxygen atoms in total. The van der Waals surface area contributed by atoms with Crippen LogP contribution in [0.3, 0.4) is 0 Å². The number of carbonyl (C=O) groups is 1. The molecule has 0 bridgehead atoms. The molecule has 3 rings (SSSR count). The van der Waals surface area contributed by atoms with E-state index in [1.165, 1.54) is 30.8 Å². The van der Waals surface area contributed by atoms with Gasteiger partial charge in [0.2, 0.25) is 5.91 Å². The number of aromatic nitrogens is 1. The van der Waals surface area contributed by atoms with Gasteiger partial charge in [0.15, 0.2) is 0 Å². The maximum Gasteiger partial charge on any atom is 0.268 e. The highest BCUT2D eigenvalue weighted by Gasteiger charge is 2.15. The first-order valence-electron chi connectivity index (χ1n) is 8.12. The number of amides is 1. The van der Waals surface area contributed by atoms with Gasteiger partial charge in [-0.05, 0) is 31.4 Å². The van der Waals surface area contributed by atoms with Crippen molar-refractivity contribution in [2.45, 2.75) is 57.5 Å². The predicted octanol–water partition coefficient (Wildman–Crippen LogP) is 3.29. The summed E-state index contributed by atoms with van der Waals surface area (Å²) >= 11 is 1.48. The second-order valence-electron chi connectivity index (χ2n) is 6.00. The highest BCUT2D eigenvalue weighted by molar-refractivity contribution is 7.13. The summed E-state index contributed by atoms with van der Waals surface area (Å²) in [6.07, 6.45) is 7.18. The van der Waals surface area contributed by atoms with Crippen LogP contribution in [0.2, 0.25) is 0 Å². The largest absolute Gasteiger partial charge is 0.353 e. The van der Waals surface area contributed by atoms with Crippen molar-refractivity contribution in [3.63, 3.8) is 0 Å². The molecule has 1 saturated carbocycles. The molecule has 1 aromatic heterocycles. The summed E-state index contributed by atoms with van der Waals surface area (Å²) in [4.78, 5) is 24.2. The van der Waals surface area contributed by atoms with Gasteiger partial charge >= 0.3 is 0 Å². The Balaban J connectivity index is 1.50. The molecule has 22 heavy (non-hydrogen) atoms. The molecule has 1 N–H and O–H groups in total. The van der Waals surface area contributed by atoms with E-state index in [0.717, 1.165) is 22.9 Å². The van der Waals surface area contributed by atoms with Crippen LogP contribution in [0.25, 0.3) is 10.1 Å². The van der Waals surface area contributed by atoms with Crippen LogP contribution in [0.1, 0.15) is 44.9 Å². The number of fused-ring (bicyclic) bond motifs is 1. The zero-order chi connectivity index (χ0) is 15.4. The van der Waals surface area contributed by atoms with E-state index in [9.17, 15) is 9.59 Å². The molecular weight excluding hydrogens is 296 g/mol. The lowest BCUT2D eigenvalue weighted by molar-refractivity contribution is -0.122. The molecule has 0 radical (unpaired) electrons. The van der Waals surface area contributed by atoms with E-state index >= 15 is 0 Å². The number of hydrogen-bond donors (Lipinski definition) is 1. The molecule has 1 aliphatic carbocycles. The lowest BCUT2D eigenvalue weighted by Crippen LogP contribution is -2.36. The Hall–Kier alpha value is -1.62. The highest BCUT2D eigenvalue weighted by Crippen LogP contribution is 2.18. The average Bonchev–Trinajstić information content (AvgIpc) is 2.85. The Morgan fingerprint density at radius 3 is 2.77 bits per heavy atom. The summed E-state index contributed by atoms with van der Waals surface area (Å²) in [6.45, 7) is 0.621. The van der Waals surface area contributed by atoms with Crippen LogP contribution in [0.4, 0.5) is 0 Å². The van der Waals surface area contributed by atoms with E-state index in [0.29, 0.717) is 25.4 Å². The van der Waals surface area contributed by atoms with Crippen LogP contribution >= 0.6 is 11.5 Å². The SMILES string of the molecule is O=C(CCCn1sc2ccccc2c1=O)NC1CCCCC1. The quantitative estimate of drug-likeness (QED) is 0.919. The second kappa shape index (κ2) is 7.09. The summed E-state index contributed by atoms with van der Waals surface area (Å²) in [6, 6.07) is 8.03. The smallest absolute Gasteiger partial charge is 0.268 e. The van der Waals surface area contributed by atoms with Crippen LogP contribution < -0.4 is 10.9 Å². The lowest BCUT2D eigenvalue weighted by atomic mass is 9.95. The normalized spacial score (nSPS) is 16.0. The first-order chi connectivity index (χ1) is 10.7. The van der Waals surface area contributed by atoms with Gasteiger partial charge in [0, 0.05) is 19.0 Å². The minimum absolute atomic E-state index is 0.0632. The molecule has 1 heterocycles. The molecule has 0 unspecified atom stereocenters. The van der Waals surface area contributed by atoms with E-state index in [2.05, 4.69) is 5.32 Å². The first kappa shape index (κ1) is 15.3. The standard InChI is InChI=1S/C17H22N2O2S/c20-16(18-13-7-2-1-3-8-13)11-6-12-19-17(21)14-9-4-5-10-15(14)22-19/h4-5,9-10,13H,1-3,6-8,11-12H2,(H,18,20). The van der Waals surface area contributed by atoms with E-state index in [1.54, 1.807) is 3.96 Å². The molecule has 2 aromatic rings. The molecular formula is C17H22N2O2S. The molecule has 0 aliphatic heterocycles. The Morgan fingerprint density at radius 1 is 1.23 bits per heavy atom. The highest BCUT2D eigenvalue weighted by atomic mass is 32.1. The number of benzene rings is 1. The van der Waals surface area contributed by atoms with Gasteiger partial charge in [0.05, 0.1) is 10.1 Å². The predicted molar refractivity (Wildman–Crippen MR) is 90.3 cm³/mol. The number of nitrogens with zero attached hydrogens (tertiary/aromatic N) is 1. The van der Waals surface area contributed by atoms with Crippen LogP contribution in [0.15, 0.2) is 29.1 Å². The Kier molecular flexibility index (Phi) is 4.93. The van der Waals surface area contributed by atoms with Crippen molar-refractivity contribution in [3.8, 4) is 0 Å². The number of nitrogens with one attached hydrogen (secondary N) is 1. The fraction of sp³-hybridized carbons (Fsp3) is 0.529. The summed E-state index contributed by atoms with van der Waals surface area (Å²) in [5.74, 6) is 0.126. The number of aryl methyl sites for hydroxylation is 1. The van der Waals surface area contributed by atoms with Gasteiger partial charge in [-0.25, -0.2) is 0 Å². The topological polar surface area (TPSA) is 51.1 Å². The van der Waals surface area contributed by atoms with Crippen molar-refractivity contribution < 1.29 is 4.79 Å². The van der Waals surface area contributed by atoms with Crippen molar-refractivity contribution in [1.82, 2.24) is 9.27 Å². The Morgan fingerprint density at radius 2 is 2.00 bits per heavy atom. The summed E-state index contributed by atoms with van der Waals surface area (Å²) in [7, 11) is 0. The minimum Gasteiger partial charge on any atom is -0.353 e.